The smallest absolute Gasteiger partial charge is 0.104 e. The van der Waals surface area contributed by atoms with Crippen LogP contribution in [0.3, 0.4) is 0 Å². The Hall–Kier alpha value is -1.08. The van der Waals surface area contributed by atoms with Gasteiger partial charge >= 0.3 is 0 Å². The maximum Gasteiger partial charge on any atom is 0.104 e. The Kier molecular flexibility index (Phi) is 2.89. The van der Waals surface area contributed by atoms with E-state index in [1.54, 1.807) is 0 Å². The maximum absolute atomic E-state index is 3.76. The van der Waals surface area contributed by atoms with Gasteiger partial charge in [-0.2, -0.15) is 0 Å². The summed E-state index contributed by atoms with van der Waals surface area (Å²) >= 11 is 0. The molecule has 0 aliphatic rings. The third-order valence-corrected chi connectivity index (χ3v) is 1.84. The van der Waals surface area contributed by atoms with E-state index in [9.17, 15) is 0 Å². The van der Waals surface area contributed by atoms with Crippen molar-refractivity contribution in [3.05, 3.63) is 42.0 Å². The molecular weight excluding hydrogens is 158 g/mol. The maximum atomic E-state index is 3.76. The lowest BCUT2D eigenvalue weighted by Gasteiger charge is -2.23. The van der Waals surface area contributed by atoms with Crippen LogP contribution < -0.4 is 0 Å². The van der Waals surface area contributed by atoms with Crippen molar-refractivity contribution in [2.75, 3.05) is 21.1 Å². The summed E-state index contributed by atoms with van der Waals surface area (Å²) in [4.78, 5) is 0. The van der Waals surface area contributed by atoms with Crippen LogP contribution in [0.25, 0.3) is 6.08 Å². The molecule has 13 heavy (non-hydrogen) atoms. The van der Waals surface area contributed by atoms with Crippen LogP contribution >= 0.6 is 0 Å². The first kappa shape index (κ1) is 10.0. The SMILES string of the molecule is C=Cc1cccc(C[N+](C)(C)C)c1. The largest absolute Gasteiger partial charge is 0.327 e. The lowest BCUT2D eigenvalue weighted by molar-refractivity contribution is -0.884. The zero-order valence-corrected chi connectivity index (χ0v) is 8.75. The molecule has 0 saturated carbocycles. The Labute approximate surface area is 80.9 Å². The number of rotatable bonds is 3. The quantitative estimate of drug-likeness (QED) is 0.621. The van der Waals surface area contributed by atoms with Gasteiger partial charge in [-0.05, 0) is 11.6 Å². The Morgan fingerprint density at radius 1 is 1.31 bits per heavy atom. The van der Waals surface area contributed by atoms with E-state index in [1.807, 2.05) is 6.08 Å². The van der Waals surface area contributed by atoms with E-state index in [1.165, 1.54) is 11.1 Å². The zero-order chi connectivity index (χ0) is 9.90. The van der Waals surface area contributed by atoms with Gasteiger partial charge in [0, 0.05) is 5.56 Å². The van der Waals surface area contributed by atoms with Gasteiger partial charge in [0.05, 0.1) is 21.1 Å². The fourth-order valence-electron chi connectivity index (χ4n) is 1.37. The van der Waals surface area contributed by atoms with Crippen molar-refractivity contribution in [3.8, 4) is 0 Å². The van der Waals surface area contributed by atoms with E-state index in [2.05, 4.69) is 52.0 Å². The van der Waals surface area contributed by atoms with E-state index in [0.29, 0.717) is 0 Å². The fourth-order valence-corrected chi connectivity index (χ4v) is 1.37. The van der Waals surface area contributed by atoms with E-state index < -0.39 is 0 Å². The second-order valence-electron chi connectivity index (χ2n) is 4.40. The van der Waals surface area contributed by atoms with E-state index in [4.69, 9.17) is 0 Å². The van der Waals surface area contributed by atoms with Gasteiger partial charge in [-0.15, -0.1) is 0 Å². The second kappa shape index (κ2) is 3.75. The molecule has 0 aromatic heterocycles. The standard InChI is InChI=1S/C12H18N/c1-5-11-7-6-8-12(9-11)10-13(2,3)4/h5-9H,1,10H2,2-4H3/q+1. The van der Waals surface area contributed by atoms with Crippen molar-refractivity contribution in [2.45, 2.75) is 6.54 Å². The van der Waals surface area contributed by atoms with Gasteiger partial charge in [-0.1, -0.05) is 30.9 Å². The highest BCUT2D eigenvalue weighted by Crippen LogP contribution is 2.10. The van der Waals surface area contributed by atoms with Crippen LogP contribution in [0.1, 0.15) is 11.1 Å². The van der Waals surface area contributed by atoms with Crippen LogP contribution in [0.4, 0.5) is 0 Å². The van der Waals surface area contributed by atoms with Gasteiger partial charge < -0.3 is 4.48 Å². The molecule has 0 fully saturated rings. The van der Waals surface area contributed by atoms with Crippen molar-refractivity contribution in [3.63, 3.8) is 0 Å². The number of hydrogen-bond acceptors (Lipinski definition) is 0. The first-order valence-electron chi connectivity index (χ1n) is 4.53. The molecule has 1 heteroatoms. The molecular formula is C12H18N+. The van der Waals surface area contributed by atoms with Crippen LogP contribution in [0, 0.1) is 0 Å². The van der Waals surface area contributed by atoms with Crippen molar-refractivity contribution < 1.29 is 4.48 Å². The summed E-state index contributed by atoms with van der Waals surface area (Å²) in [5.41, 5.74) is 2.57. The molecule has 0 aliphatic carbocycles. The summed E-state index contributed by atoms with van der Waals surface area (Å²) in [6.07, 6.45) is 1.89. The summed E-state index contributed by atoms with van der Waals surface area (Å²) < 4.78 is 0.959. The van der Waals surface area contributed by atoms with Crippen LogP contribution in [0.5, 0.6) is 0 Å². The number of quaternary nitrogens is 1. The zero-order valence-electron chi connectivity index (χ0n) is 8.75. The Morgan fingerprint density at radius 3 is 2.54 bits per heavy atom. The van der Waals surface area contributed by atoms with Gasteiger partial charge in [0.2, 0.25) is 0 Å². The summed E-state index contributed by atoms with van der Waals surface area (Å²) in [7, 11) is 6.59. The van der Waals surface area contributed by atoms with Crippen LogP contribution in [-0.2, 0) is 6.54 Å². The highest BCUT2D eigenvalue weighted by molar-refractivity contribution is 5.47. The predicted octanol–water partition coefficient (Wildman–Crippen LogP) is 2.54. The summed E-state index contributed by atoms with van der Waals surface area (Å²) in [6, 6.07) is 8.52. The van der Waals surface area contributed by atoms with Gasteiger partial charge in [0.25, 0.3) is 0 Å². The Balaban J connectivity index is 2.84. The van der Waals surface area contributed by atoms with Gasteiger partial charge in [-0.3, -0.25) is 0 Å². The number of nitrogens with zero attached hydrogens (tertiary/aromatic N) is 1. The summed E-state index contributed by atoms with van der Waals surface area (Å²) in [5, 5.41) is 0. The second-order valence-corrected chi connectivity index (χ2v) is 4.40. The highest BCUT2D eigenvalue weighted by atomic mass is 15.3. The molecule has 1 aromatic carbocycles. The minimum atomic E-state index is 0.959. The topological polar surface area (TPSA) is 0 Å². The Morgan fingerprint density at radius 2 is 2.00 bits per heavy atom. The molecule has 1 nitrogen and oxygen atoms in total. The molecule has 0 aliphatic heterocycles. The monoisotopic (exact) mass is 176 g/mol. The van der Waals surface area contributed by atoms with Gasteiger partial charge in [0.1, 0.15) is 6.54 Å². The third kappa shape index (κ3) is 3.43. The average Bonchev–Trinajstić information content (AvgIpc) is 2.01. The molecule has 0 atom stereocenters. The molecule has 0 unspecified atom stereocenters. The lowest BCUT2D eigenvalue weighted by atomic mass is 10.1. The van der Waals surface area contributed by atoms with Gasteiger partial charge in [-0.25, -0.2) is 0 Å². The molecule has 70 valence electrons. The van der Waals surface area contributed by atoms with Crippen LogP contribution in [0.2, 0.25) is 0 Å². The van der Waals surface area contributed by atoms with Crippen LogP contribution in [-0.4, -0.2) is 25.6 Å². The van der Waals surface area contributed by atoms with E-state index in [-0.39, 0.29) is 0 Å². The molecule has 0 bridgehead atoms. The average molecular weight is 176 g/mol. The summed E-state index contributed by atoms with van der Waals surface area (Å²) in [6.45, 7) is 4.82. The molecule has 0 radical (unpaired) electrons. The molecule has 0 amide bonds. The minimum Gasteiger partial charge on any atom is -0.327 e. The molecule has 0 spiro atoms. The fraction of sp³-hybridized carbons (Fsp3) is 0.333. The van der Waals surface area contributed by atoms with Crippen molar-refractivity contribution >= 4 is 6.08 Å². The first-order valence-corrected chi connectivity index (χ1v) is 4.53. The lowest BCUT2D eigenvalue weighted by Crippen LogP contribution is -2.33. The molecule has 0 N–H and O–H groups in total. The first-order chi connectivity index (χ1) is 6.01. The van der Waals surface area contributed by atoms with E-state index in [0.717, 1.165) is 11.0 Å². The van der Waals surface area contributed by atoms with Crippen molar-refractivity contribution in [1.29, 1.82) is 0 Å². The Bertz CT molecular complexity index is 294. The van der Waals surface area contributed by atoms with E-state index >= 15 is 0 Å². The minimum absolute atomic E-state index is 0.959. The number of hydrogen-bond donors (Lipinski definition) is 0. The molecule has 1 aromatic rings. The molecule has 1 rings (SSSR count). The third-order valence-electron chi connectivity index (χ3n) is 1.84. The molecule has 0 saturated heterocycles. The van der Waals surface area contributed by atoms with Crippen molar-refractivity contribution in [2.24, 2.45) is 0 Å². The normalized spacial score (nSPS) is 11.3. The number of benzene rings is 1. The van der Waals surface area contributed by atoms with Crippen molar-refractivity contribution in [1.82, 2.24) is 0 Å². The van der Waals surface area contributed by atoms with Gasteiger partial charge in [0.15, 0.2) is 0 Å². The highest BCUT2D eigenvalue weighted by Gasteiger charge is 2.07. The molecule has 0 heterocycles. The predicted molar refractivity (Wildman–Crippen MR) is 58.3 cm³/mol. The summed E-state index contributed by atoms with van der Waals surface area (Å²) in [5.74, 6) is 0. The van der Waals surface area contributed by atoms with Crippen LogP contribution in [0.15, 0.2) is 30.8 Å².